The summed E-state index contributed by atoms with van der Waals surface area (Å²) in [5.41, 5.74) is 10.3. The minimum atomic E-state index is 0.323. The predicted molar refractivity (Wildman–Crippen MR) is 97.6 cm³/mol. The predicted octanol–water partition coefficient (Wildman–Crippen LogP) is 2.79. The van der Waals surface area contributed by atoms with Gasteiger partial charge in [0, 0.05) is 42.0 Å². The summed E-state index contributed by atoms with van der Waals surface area (Å²) in [5, 5.41) is 7.80. The van der Waals surface area contributed by atoms with Crippen LogP contribution in [-0.2, 0) is 6.54 Å². The molecule has 6 heteroatoms. The number of rotatable bonds is 5. The topological polar surface area (TPSA) is 81.7 Å². The van der Waals surface area contributed by atoms with E-state index < -0.39 is 0 Å². The van der Waals surface area contributed by atoms with Crippen LogP contribution in [0.5, 0.6) is 0 Å². The van der Waals surface area contributed by atoms with Crippen molar-refractivity contribution in [2.24, 2.45) is 5.73 Å². The van der Waals surface area contributed by atoms with E-state index in [1.807, 2.05) is 29.2 Å². The minimum Gasteiger partial charge on any atom is -0.366 e. The highest BCUT2D eigenvalue weighted by Crippen LogP contribution is 2.34. The highest BCUT2D eigenvalue weighted by atomic mass is 15.3. The van der Waals surface area contributed by atoms with Gasteiger partial charge in [-0.2, -0.15) is 5.10 Å². The highest BCUT2D eigenvalue weighted by molar-refractivity contribution is 5.38. The van der Waals surface area contributed by atoms with Crippen LogP contribution in [0.1, 0.15) is 35.6 Å². The lowest BCUT2D eigenvalue weighted by atomic mass is 9.79. The number of anilines is 1. The number of benzene rings is 1. The standard InChI is InChI=1S/C19H22N6/c1-13-3-2-4-17(5-13)25-11-14(10-24-25)9-21-19-8-18(22-12-23-19)15-6-16(20)7-15/h2-5,8,10-12,15-16H,6-7,9,20H2,1H3,(H,21,22,23). The zero-order valence-electron chi connectivity index (χ0n) is 14.3. The van der Waals surface area contributed by atoms with E-state index in [1.165, 1.54) is 5.56 Å². The van der Waals surface area contributed by atoms with Crippen molar-refractivity contribution in [1.82, 2.24) is 19.7 Å². The quantitative estimate of drug-likeness (QED) is 0.750. The third-order valence-corrected chi connectivity index (χ3v) is 4.66. The number of nitrogens with two attached hydrogens (primary N) is 1. The van der Waals surface area contributed by atoms with E-state index in [-0.39, 0.29) is 0 Å². The maximum absolute atomic E-state index is 5.87. The second-order valence-electron chi connectivity index (χ2n) is 6.74. The van der Waals surface area contributed by atoms with Gasteiger partial charge in [0.2, 0.25) is 0 Å². The Morgan fingerprint density at radius 2 is 2.12 bits per heavy atom. The maximum Gasteiger partial charge on any atom is 0.129 e. The molecular formula is C19H22N6. The third-order valence-electron chi connectivity index (χ3n) is 4.66. The van der Waals surface area contributed by atoms with Crippen LogP contribution in [-0.4, -0.2) is 25.8 Å². The number of aryl methyl sites for hydroxylation is 1. The maximum atomic E-state index is 5.87. The van der Waals surface area contributed by atoms with Gasteiger partial charge in [-0.1, -0.05) is 12.1 Å². The van der Waals surface area contributed by atoms with Crippen molar-refractivity contribution in [3.63, 3.8) is 0 Å². The summed E-state index contributed by atoms with van der Waals surface area (Å²) in [6.07, 6.45) is 7.56. The molecule has 25 heavy (non-hydrogen) atoms. The molecule has 1 fully saturated rings. The van der Waals surface area contributed by atoms with Gasteiger partial charge in [0.15, 0.2) is 0 Å². The molecule has 2 aromatic heterocycles. The SMILES string of the molecule is Cc1cccc(-n2cc(CNc3cc(C4CC(N)C4)ncn3)cn2)c1. The molecule has 1 saturated carbocycles. The van der Waals surface area contributed by atoms with Crippen molar-refractivity contribution in [2.75, 3.05) is 5.32 Å². The van der Waals surface area contributed by atoms with Crippen molar-refractivity contribution < 1.29 is 0 Å². The summed E-state index contributed by atoms with van der Waals surface area (Å²) in [6, 6.07) is 10.6. The van der Waals surface area contributed by atoms with Crippen LogP contribution in [0, 0.1) is 6.92 Å². The molecule has 1 aliphatic rings. The van der Waals surface area contributed by atoms with Crippen molar-refractivity contribution >= 4 is 5.82 Å². The van der Waals surface area contributed by atoms with Crippen LogP contribution < -0.4 is 11.1 Å². The second kappa shape index (κ2) is 6.64. The summed E-state index contributed by atoms with van der Waals surface area (Å²) in [7, 11) is 0. The lowest BCUT2D eigenvalue weighted by molar-refractivity contribution is 0.345. The number of hydrogen-bond donors (Lipinski definition) is 2. The first kappa shape index (κ1) is 15.8. The first-order valence-corrected chi connectivity index (χ1v) is 8.59. The Balaban J connectivity index is 1.41. The molecule has 0 aliphatic heterocycles. The molecule has 2 heterocycles. The zero-order chi connectivity index (χ0) is 17.2. The molecule has 3 aromatic rings. The average molecular weight is 334 g/mol. The monoisotopic (exact) mass is 334 g/mol. The van der Waals surface area contributed by atoms with Crippen LogP contribution >= 0.6 is 0 Å². The molecule has 6 nitrogen and oxygen atoms in total. The third kappa shape index (κ3) is 3.53. The lowest BCUT2D eigenvalue weighted by Gasteiger charge is -2.31. The Morgan fingerprint density at radius 1 is 1.24 bits per heavy atom. The van der Waals surface area contributed by atoms with Crippen LogP contribution in [0.3, 0.4) is 0 Å². The second-order valence-corrected chi connectivity index (χ2v) is 6.74. The summed E-state index contributed by atoms with van der Waals surface area (Å²) in [6.45, 7) is 2.75. The molecule has 0 saturated heterocycles. The van der Waals surface area contributed by atoms with Crippen molar-refractivity contribution in [1.29, 1.82) is 0 Å². The largest absolute Gasteiger partial charge is 0.366 e. The molecular weight excluding hydrogens is 312 g/mol. The fourth-order valence-electron chi connectivity index (χ4n) is 3.15. The summed E-state index contributed by atoms with van der Waals surface area (Å²) < 4.78 is 1.89. The zero-order valence-corrected chi connectivity index (χ0v) is 14.3. The van der Waals surface area contributed by atoms with Crippen LogP contribution in [0.4, 0.5) is 5.82 Å². The van der Waals surface area contributed by atoms with Gasteiger partial charge in [-0.3, -0.25) is 0 Å². The van der Waals surface area contributed by atoms with Crippen molar-refractivity contribution in [3.05, 3.63) is 65.9 Å². The van der Waals surface area contributed by atoms with E-state index in [4.69, 9.17) is 5.73 Å². The Kier molecular flexibility index (Phi) is 4.19. The van der Waals surface area contributed by atoms with Crippen LogP contribution in [0.15, 0.2) is 49.1 Å². The number of hydrogen-bond acceptors (Lipinski definition) is 5. The van der Waals surface area contributed by atoms with E-state index in [9.17, 15) is 0 Å². The molecule has 0 spiro atoms. The highest BCUT2D eigenvalue weighted by Gasteiger charge is 2.28. The Labute approximate surface area is 147 Å². The normalized spacial score (nSPS) is 19.4. The minimum absolute atomic E-state index is 0.323. The Bertz CT molecular complexity index is 866. The molecule has 128 valence electrons. The van der Waals surface area contributed by atoms with Gasteiger partial charge >= 0.3 is 0 Å². The molecule has 0 unspecified atom stereocenters. The van der Waals surface area contributed by atoms with Crippen LogP contribution in [0.25, 0.3) is 5.69 Å². The summed E-state index contributed by atoms with van der Waals surface area (Å²) >= 11 is 0. The number of aromatic nitrogens is 4. The molecule has 0 radical (unpaired) electrons. The number of nitrogens with one attached hydrogen (secondary N) is 1. The first-order chi connectivity index (χ1) is 12.2. The van der Waals surface area contributed by atoms with Gasteiger partial charge in [0.25, 0.3) is 0 Å². The van der Waals surface area contributed by atoms with E-state index in [0.717, 1.165) is 35.6 Å². The van der Waals surface area contributed by atoms with E-state index in [2.05, 4.69) is 45.5 Å². The van der Waals surface area contributed by atoms with Gasteiger partial charge in [-0.05, 0) is 37.5 Å². The Morgan fingerprint density at radius 3 is 2.92 bits per heavy atom. The first-order valence-electron chi connectivity index (χ1n) is 8.59. The molecule has 4 rings (SSSR count). The summed E-state index contributed by atoms with van der Waals surface area (Å²) in [5.74, 6) is 1.32. The fourth-order valence-corrected chi connectivity index (χ4v) is 3.15. The molecule has 0 atom stereocenters. The van der Waals surface area contributed by atoms with Gasteiger partial charge in [0.1, 0.15) is 12.1 Å². The molecule has 1 aliphatic carbocycles. The molecule has 1 aromatic carbocycles. The average Bonchev–Trinajstić information content (AvgIpc) is 3.07. The van der Waals surface area contributed by atoms with Gasteiger partial charge in [-0.25, -0.2) is 14.6 Å². The molecule has 0 amide bonds. The van der Waals surface area contributed by atoms with Gasteiger partial charge < -0.3 is 11.1 Å². The summed E-state index contributed by atoms with van der Waals surface area (Å²) in [4.78, 5) is 8.69. The molecule has 3 N–H and O–H groups in total. The smallest absolute Gasteiger partial charge is 0.129 e. The van der Waals surface area contributed by atoms with E-state index in [1.54, 1.807) is 6.33 Å². The fraction of sp³-hybridized carbons (Fsp3) is 0.316. The lowest BCUT2D eigenvalue weighted by Crippen LogP contribution is -2.35. The van der Waals surface area contributed by atoms with Gasteiger partial charge in [-0.15, -0.1) is 0 Å². The van der Waals surface area contributed by atoms with Crippen LogP contribution in [0.2, 0.25) is 0 Å². The van der Waals surface area contributed by atoms with Crippen molar-refractivity contribution in [3.8, 4) is 5.69 Å². The number of nitrogens with zero attached hydrogens (tertiary/aromatic N) is 4. The molecule has 0 bridgehead atoms. The Hall–Kier alpha value is -2.73. The van der Waals surface area contributed by atoms with E-state index >= 15 is 0 Å². The van der Waals surface area contributed by atoms with E-state index in [0.29, 0.717) is 18.5 Å². The van der Waals surface area contributed by atoms with Gasteiger partial charge in [0.05, 0.1) is 11.9 Å². The van der Waals surface area contributed by atoms with Crippen molar-refractivity contribution in [2.45, 2.75) is 38.3 Å².